The lowest BCUT2D eigenvalue weighted by atomic mass is 10.1. The van der Waals surface area contributed by atoms with Gasteiger partial charge < -0.3 is 13.9 Å². The van der Waals surface area contributed by atoms with E-state index in [9.17, 15) is 9.59 Å². The Morgan fingerprint density at radius 2 is 2.11 bits per heavy atom. The molecule has 7 nitrogen and oxygen atoms in total. The van der Waals surface area contributed by atoms with Crippen LogP contribution in [-0.2, 0) is 14.3 Å². The maximum atomic E-state index is 11.5. The van der Waals surface area contributed by atoms with Crippen LogP contribution >= 0.6 is 0 Å². The number of nitrogens with one attached hydrogen (secondary N) is 1. The summed E-state index contributed by atoms with van der Waals surface area (Å²) in [6.07, 6.45) is 0. The third-order valence-corrected chi connectivity index (χ3v) is 2.11. The van der Waals surface area contributed by atoms with E-state index in [0.717, 1.165) is 0 Å². The molecule has 0 aliphatic carbocycles. The Labute approximate surface area is 103 Å². The van der Waals surface area contributed by atoms with E-state index in [0.29, 0.717) is 0 Å². The minimum Gasteiger partial charge on any atom is -0.465 e. The zero-order chi connectivity index (χ0) is 13.7. The lowest BCUT2D eigenvalue weighted by molar-refractivity contribution is -0.119. The molecule has 1 rings (SSSR count). The second-order valence-electron chi connectivity index (χ2n) is 3.32. The van der Waals surface area contributed by atoms with Gasteiger partial charge in [-0.05, 0) is 6.92 Å². The zero-order valence-corrected chi connectivity index (χ0v) is 10.2. The predicted molar refractivity (Wildman–Crippen MR) is 60.0 cm³/mol. The summed E-state index contributed by atoms with van der Waals surface area (Å²) in [4.78, 5) is 22.8. The van der Waals surface area contributed by atoms with Crippen molar-refractivity contribution in [3.8, 4) is 6.07 Å². The molecule has 1 amide bonds. The molecule has 0 saturated heterocycles. The Bertz CT molecular complexity index is 512. The number of anilines is 1. The molecule has 0 saturated carbocycles. The largest absolute Gasteiger partial charge is 0.465 e. The Morgan fingerprint density at radius 1 is 1.44 bits per heavy atom. The fraction of sp³-hybridized carbons (Fsp3) is 0.364. The first-order valence-electron chi connectivity index (χ1n) is 4.95. The Hall–Kier alpha value is -2.33. The summed E-state index contributed by atoms with van der Waals surface area (Å²) in [5.74, 6) is -1.07. The minimum atomic E-state index is -0.694. The van der Waals surface area contributed by atoms with E-state index in [2.05, 4.69) is 14.8 Å². The molecule has 0 aliphatic heterocycles. The number of nitriles is 1. The Balaban J connectivity index is 3.12. The number of rotatable bonds is 4. The molecule has 96 valence electrons. The topological polar surface area (TPSA) is 102 Å². The third-order valence-electron chi connectivity index (χ3n) is 2.11. The molecule has 1 heterocycles. The standard InChI is InChI=1S/C11H12N2O5/c1-6-9(11(15)17-3)7(4-12)10(18-6)13-8(14)5-16-2/h5H2,1-3H3,(H,13,14). The van der Waals surface area contributed by atoms with Crippen LogP contribution < -0.4 is 5.32 Å². The number of nitrogens with zero attached hydrogens (tertiary/aromatic N) is 1. The number of esters is 1. The van der Waals surface area contributed by atoms with Crippen LogP contribution in [0.25, 0.3) is 0 Å². The first-order chi connectivity index (χ1) is 8.54. The van der Waals surface area contributed by atoms with E-state index in [1.54, 1.807) is 6.07 Å². The lowest BCUT2D eigenvalue weighted by Gasteiger charge is -2.00. The number of amides is 1. The van der Waals surface area contributed by atoms with E-state index in [1.807, 2.05) is 0 Å². The van der Waals surface area contributed by atoms with Gasteiger partial charge in [0.2, 0.25) is 5.88 Å². The quantitative estimate of drug-likeness (QED) is 0.796. The minimum absolute atomic E-state index is 0.00715. The van der Waals surface area contributed by atoms with Gasteiger partial charge in [-0.15, -0.1) is 0 Å². The molecule has 18 heavy (non-hydrogen) atoms. The first-order valence-corrected chi connectivity index (χ1v) is 4.95. The van der Waals surface area contributed by atoms with Gasteiger partial charge in [-0.1, -0.05) is 0 Å². The number of ether oxygens (including phenoxy) is 2. The van der Waals surface area contributed by atoms with Crippen molar-refractivity contribution in [1.29, 1.82) is 5.26 Å². The molecule has 0 spiro atoms. The van der Waals surface area contributed by atoms with Crippen LogP contribution in [0, 0.1) is 18.3 Å². The van der Waals surface area contributed by atoms with Crippen molar-refractivity contribution in [2.24, 2.45) is 0 Å². The van der Waals surface area contributed by atoms with Gasteiger partial charge in [-0.25, -0.2) is 4.79 Å². The molecule has 0 bridgehead atoms. The molecule has 0 unspecified atom stereocenters. The highest BCUT2D eigenvalue weighted by molar-refractivity contribution is 5.98. The molecule has 0 fully saturated rings. The van der Waals surface area contributed by atoms with Crippen molar-refractivity contribution < 1.29 is 23.5 Å². The van der Waals surface area contributed by atoms with Crippen molar-refractivity contribution in [3.63, 3.8) is 0 Å². The summed E-state index contributed by atoms with van der Waals surface area (Å²) < 4.78 is 14.3. The normalized spacial score (nSPS) is 9.67. The predicted octanol–water partition coefficient (Wildman–Crippen LogP) is 0.831. The Kier molecular flexibility index (Phi) is 4.45. The number of carbonyl (C=O) groups excluding carboxylic acids is 2. The van der Waals surface area contributed by atoms with Gasteiger partial charge in [-0.3, -0.25) is 10.1 Å². The van der Waals surface area contributed by atoms with Crippen LogP contribution in [-0.4, -0.2) is 32.7 Å². The van der Waals surface area contributed by atoms with Crippen LogP contribution in [0.2, 0.25) is 0 Å². The van der Waals surface area contributed by atoms with E-state index in [-0.39, 0.29) is 29.4 Å². The van der Waals surface area contributed by atoms with E-state index < -0.39 is 11.9 Å². The summed E-state index contributed by atoms with van der Waals surface area (Å²) in [5, 5.41) is 11.3. The van der Waals surface area contributed by atoms with Gasteiger partial charge >= 0.3 is 5.97 Å². The van der Waals surface area contributed by atoms with Crippen LogP contribution in [0.5, 0.6) is 0 Å². The van der Waals surface area contributed by atoms with Gasteiger partial charge in [0.25, 0.3) is 5.91 Å². The van der Waals surface area contributed by atoms with Crippen LogP contribution in [0.3, 0.4) is 0 Å². The lowest BCUT2D eigenvalue weighted by Crippen LogP contribution is -2.17. The fourth-order valence-electron chi connectivity index (χ4n) is 1.38. The third kappa shape index (κ3) is 2.67. The number of carbonyl (C=O) groups is 2. The van der Waals surface area contributed by atoms with Crippen molar-refractivity contribution in [1.82, 2.24) is 0 Å². The number of methoxy groups -OCH3 is 2. The monoisotopic (exact) mass is 252 g/mol. The van der Waals surface area contributed by atoms with E-state index in [4.69, 9.17) is 9.68 Å². The summed E-state index contributed by atoms with van der Waals surface area (Å²) in [7, 11) is 2.55. The maximum Gasteiger partial charge on any atom is 0.342 e. The molecule has 7 heteroatoms. The van der Waals surface area contributed by atoms with Gasteiger partial charge in [0.1, 0.15) is 29.6 Å². The van der Waals surface area contributed by atoms with Crippen molar-refractivity contribution in [2.75, 3.05) is 26.1 Å². The average Bonchev–Trinajstić information content (AvgIpc) is 2.64. The number of aryl methyl sites for hydroxylation is 1. The second kappa shape index (κ2) is 5.84. The highest BCUT2D eigenvalue weighted by Crippen LogP contribution is 2.26. The van der Waals surface area contributed by atoms with E-state index in [1.165, 1.54) is 21.1 Å². The summed E-state index contributed by atoms with van der Waals surface area (Å²) in [6.45, 7) is 1.32. The fourth-order valence-corrected chi connectivity index (χ4v) is 1.38. The van der Waals surface area contributed by atoms with Crippen molar-refractivity contribution in [3.05, 3.63) is 16.9 Å². The molecular weight excluding hydrogens is 240 g/mol. The molecular formula is C11H12N2O5. The summed E-state index contributed by atoms with van der Waals surface area (Å²) in [5.41, 5.74) is -0.0588. The number of hydrogen-bond acceptors (Lipinski definition) is 6. The highest BCUT2D eigenvalue weighted by Gasteiger charge is 2.25. The maximum absolute atomic E-state index is 11.5. The molecule has 1 N–H and O–H groups in total. The highest BCUT2D eigenvalue weighted by atomic mass is 16.5. The zero-order valence-electron chi connectivity index (χ0n) is 10.2. The number of hydrogen-bond donors (Lipinski definition) is 1. The van der Waals surface area contributed by atoms with Gasteiger partial charge in [0, 0.05) is 7.11 Å². The second-order valence-corrected chi connectivity index (χ2v) is 3.32. The smallest absolute Gasteiger partial charge is 0.342 e. The van der Waals surface area contributed by atoms with Gasteiger partial charge in [0.15, 0.2) is 0 Å². The number of furan rings is 1. The molecule has 0 aliphatic rings. The molecule has 0 atom stereocenters. The molecule has 1 aromatic heterocycles. The molecule has 1 aromatic rings. The van der Waals surface area contributed by atoms with Crippen molar-refractivity contribution >= 4 is 17.8 Å². The van der Waals surface area contributed by atoms with Crippen molar-refractivity contribution in [2.45, 2.75) is 6.92 Å². The van der Waals surface area contributed by atoms with Gasteiger partial charge in [0.05, 0.1) is 7.11 Å². The van der Waals surface area contributed by atoms with Gasteiger partial charge in [-0.2, -0.15) is 5.26 Å². The summed E-state index contributed by atoms with van der Waals surface area (Å²) in [6, 6.07) is 1.80. The Morgan fingerprint density at radius 3 is 2.61 bits per heavy atom. The molecule has 0 radical (unpaired) electrons. The van der Waals surface area contributed by atoms with Crippen LogP contribution in [0.4, 0.5) is 5.88 Å². The SMILES string of the molecule is COCC(=O)Nc1oc(C)c(C(=O)OC)c1C#N. The van der Waals surface area contributed by atoms with E-state index >= 15 is 0 Å². The molecule has 0 aromatic carbocycles. The van der Waals surface area contributed by atoms with Crippen LogP contribution in [0.15, 0.2) is 4.42 Å². The average molecular weight is 252 g/mol. The first kappa shape index (κ1) is 13.7. The van der Waals surface area contributed by atoms with Crippen LogP contribution in [0.1, 0.15) is 21.7 Å². The summed E-state index contributed by atoms with van der Waals surface area (Å²) >= 11 is 0.